The number of aliphatic carboxylic acids is 1. The molecule has 2 amide bonds. The molecule has 0 aliphatic heterocycles. The number of methoxy groups -OCH3 is 1. The monoisotopic (exact) mass is 579 g/mol. The third-order valence-corrected chi connectivity index (χ3v) is 7.59. The fourth-order valence-electron chi connectivity index (χ4n) is 4.36. The minimum Gasteiger partial charge on any atom is -0.493 e. The zero-order valence-corrected chi connectivity index (χ0v) is 25.9. The van der Waals surface area contributed by atoms with E-state index in [0.29, 0.717) is 37.5 Å². The molecule has 6 N–H and O–H groups in total. The van der Waals surface area contributed by atoms with E-state index in [2.05, 4.69) is 10.6 Å². The minimum atomic E-state index is -1.10. The molecule has 41 heavy (non-hydrogen) atoms. The number of hydrogen-bond donors (Lipinski definition) is 5. The van der Waals surface area contributed by atoms with E-state index in [9.17, 15) is 24.6 Å². The Bertz CT molecular complexity index is 951. The number of carboxylic acid groups (broad SMARTS) is 1. The molecule has 0 aliphatic carbocycles. The summed E-state index contributed by atoms with van der Waals surface area (Å²) >= 11 is 0. The number of para-hydroxylation sites is 1. The second kappa shape index (κ2) is 18.0. The highest BCUT2D eigenvalue weighted by Gasteiger charge is 2.32. The van der Waals surface area contributed by atoms with Crippen LogP contribution in [0.25, 0.3) is 0 Å². The summed E-state index contributed by atoms with van der Waals surface area (Å²) in [7, 11) is 1.66. The van der Waals surface area contributed by atoms with Gasteiger partial charge in [0, 0.05) is 38.8 Å². The van der Waals surface area contributed by atoms with E-state index in [-0.39, 0.29) is 42.5 Å². The lowest BCUT2D eigenvalue weighted by Crippen LogP contribution is -2.46. The van der Waals surface area contributed by atoms with E-state index in [0.717, 1.165) is 12.8 Å². The van der Waals surface area contributed by atoms with Gasteiger partial charge >= 0.3 is 5.97 Å². The minimum absolute atomic E-state index is 0.00610. The Morgan fingerprint density at radius 2 is 1.61 bits per heavy atom. The number of benzene rings is 1. The van der Waals surface area contributed by atoms with Crippen LogP contribution in [0.2, 0.25) is 0 Å². The smallest absolute Gasteiger partial charge is 0.310 e. The Kier molecular flexibility index (Phi) is 15.9. The van der Waals surface area contributed by atoms with Gasteiger partial charge in [0.25, 0.3) is 5.91 Å². The molecule has 234 valence electrons. The number of carbonyl (C=O) groups excluding carboxylic acids is 2. The number of unbranched alkanes of at least 4 members (excludes halogenated alkanes) is 1. The number of aliphatic hydroxyl groups is 1. The van der Waals surface area contributed by atoms with Crippen molar-refractivity contribution in [2.45, 2.75) is 79.4 Å². The fraction of sp³-hybridized carbons (Fsp3) is 0.710. The van der Waals surface area contributed by atoms with Crippen molar-refractivity contribution in [1.29, 1.82) is 0 Å². The van der Waals surface area contributed by atoms with Crippen molar-refractivity contribution in [2.75, 3.05) is 33.4 Å². The lowest BCUT2D eigenvalue weighted by Gasteiger charge is -2.30. The SMILES string of the molecule is COCCCCOc1ccccc1C(=O)NC[C@@H](C[C@H](N)[C@@H](O)C[C@H](C(=O)NCC(C)(C)C(=O)O)C(C)C)C(C)C. The first-order valence-corrected chi connectivity index (χ1v) is 14.6. The van der Waals surface area contributed by atoms with E-state index >= 15 is 0 Å². The number of carbonyl (C=O) groups is 3. The van der Waals surface area contributed by atoms with Gasteiger partial charge in [0.05, 0.1) is 23.7 Å². The van der Waals surface area contributed by atoms with Gasteiger partial charge in [0.15, 0.2) is 0 Å². The van der Waals surface area contributed by atoms with Gasteiger partial charge in [0.2, 0.25) is 5.91 Å². The second-order valence-electron chi connectivity index (χ2n) is 12.2. The highest BCUT2D eigenvalue weighted by molar-refractivity contribution is 5.96. The van der Waals surface area contributed by atoms with Gasteiger partial charge in [-0.25, -0.2) is 0 Å². The normalized spacial score (nSPS) is 14.8. The summed E-state index contributed by atoms with van der Waals surface area (Å²) in [5.74, 6) is -1.43. The van der Waals surface area contributed by atoms with Gasteiger partial charge in [-0.15, -0.1) is 0 Å². The van der Waals surface area contributed by atoms with Gasteiger partial charge < -0.3 is 36.1 Å². The highest BCUT2D eigenvalue weighted by atomic mass is 16.5. The van der Waals surface area contributed by atoms with E-state index in [1.807, 2.05) is 33.8 Å². The van der Waals surface area contributed by atoms with Gasteiger partial charge in [-0.05, 0) is 69.4 Å². The Balaban J connectivity index is 2.75. The first-order valence-electron chi connectivity index (χ1n) is 14.6. The van der Waals surface area contributed by atoms with Crippen LogP contribution in [0.1, 0.15) is 77.6 Å². The van der Waals surface area contributed by atoms with Crippen LogP contribution in [0, 0.1) is 29.1 Å². The number of amides is 2. The summed E-state index contributed by atoms with van der Waals surface area (Å²) in [6.07, 6.45) is 1.36. The molecule has 1 aromatic rings. The predicted molar refractivity (Wildman–Crippen MR) is 160 cm³/mol. The molecule has 0 radical (unpaired) electrons. The summed E-state index contributed by atoms with van der Waals surface area (Å²) in [5.41, 5.74) is 5.78. The number of aliphatic hydroxyl groups excluding tert-OH is 1. The molecule has 0 heterocycles. The largest absolute Gasteiger partial charge is 0.493 e. The van der Waals surface area contributed by atoms with Crippen LogP contribution in [0.4, 0.5) is 0 Å². The molecule has 4 atom stereocenters. The molecule has 0 saturated heterocycles. The zero-order chi connectivity index (χ0) is 31.2. The highest BCUT2D eigenvalue weighted by Crippen LogP contribution is 2.24. The Hall–Kier alpha value is -2.69. The van der Waals surface area contributed by atoms with Crippen molar-refractivity contribution >= 4 is 17.8 Å². The maximum atomic E-state index is 13.0. The molecule has 0 bridgehead atoms. The van der Waals surface area contributed by atoms with Crippen LogP contribution in [-0.2, 0) is 14.3 Å². The molecule has 0 fully saturated rings. The van der Waals surface area contributed by atoms with Gasteiger partial charge in [-0.1, -0.05) is 39.8 Å². The van der Waals surface area contributed by atoms with Crippen molar-refractivity contribution in [3.63, 3.8) is 0 Å². The summed E-state index contributed by atoms with van der Waals surface area (Å²) in [6.45, 7) is 12.5. The lowest BCUT2D eigenvalue weighted by atomic mass is 9.83. The van der Waals surface area contributed by atoms with Crippen LogP contribution < -0.4 is 21.1 Å². The molecular weight excluding hydrogens is 526 g/mol. The molecule has 0 aromatic heterocycles. The molecule has 10 nitrogen and oxygen atoms in total. The molecular formula is C31H53N3O7. The van der Waals surface area contributed by atoms with E-state index in [4.69, 9.17) is 15.2 Å². The number of nitrogens with two attached hydrogens (primary N) is 1. The molecule has 1 aromatic carbocycles. The Morgan fingerprint density at radius 1 is 0.976 bits per heavy atom. The molecule has 0 aliphatic rings. The van der Waals surface area contributed by atoms with Crippen molar-refractivity contribution in [1.82, 2.24) is 10.6 Å². The lowest BCUT2D eigenvalue weighted by molar-refractivity contribution is -0.147. The number of hydrogen-bond acceptors (Lipinski definition) is 7. The summed E-state index contributed by atoms with van der Waals surface area (Å²) in [4.78, 5) is 37.3. The molecule has 0 saturated carbocycles. The fourth-order valence-corrected chi connectivity index (χ4v) is 4.36. The van der Waals surface area contributed by atoms with Gasteiger partial charge in [-0.3, -0.25) is 14.4 Å². The van der Waals surface area contributed by atoms with Crippen LogP contribution in [0.3, 0.4) is 0 Å². The van der Waals surface area contributed by atoms with Crippen molar-refractivity contribution < 1.29 is 34.1 Å². The van der Waals surface area contributed by atoms with Crippen LogP contribution >= 0.6 is 0 Å². The molecule has 0 spiro atoms. The van der Waals surface area contributed by atoms with Crippen molar-refractivity contribution in [3.8, 4) is 5.75 Å². The zero-order valence-electron chi connectivity index (χ0n) is 25.9. The quantitative estimate of drug-likeness (QED) is 0.147. The van der Waals surface area contributed by atoms with Crippen LogP contribution in [0.15, 0.2) is 24.3 Å². The number of nitrogens with one attached hydrogen (secondary N) is 2. The van der Waals surface area contributed by atoms with Gasteiger partial charge in [0.1, 0.15) is 5.75 Å². The summed E-state index contributed by atoms with van der Waals surface area (Å²) in [5, 5.41) is 26.0. The Labute approximate surface area is 245 Å². The topological polar surface area (TPSA) is 160 Å². The van der Waals surface area contributed by atoms with E-state index < -0.39 is 29.4 Å². The standard InChI is InChI=1S/C31H53N3O7/c1-20(2)22(18-33-28(36)23-12-8-9-13-27(23)41-15-11-10-14-40-7)16-25(32)26(35)17-24(21(3)4)29(37)34-19-31(5,6)30(38)39/h8-9,12-13,20-22,24-26,35H,10-11,14-19,32H2,1-7H3,(H,33,36)(H,34,37)(H,38,39)/t22-,24+,25+,26+/m1/s1. The number of rotatable bonds is 20. The molecule has 10 heteroatoms. The van der Waals surface area contributed by atoms with Crippen LogP contribution in [-0.4, -0.2) is 73.6 Å². The second-order valence-corrected chi connectivity index (χ2v) is 12.2. The summed E-state index contributed by atoms with van der Waals surface area (Å²) in [6, 6.07) is 6.53. The molecule has 0 unspecified atom stereocenters. The maximum absolute atomic E-state index is 13.0. The Morgan fingerprint density at radius 3 is 2.20 bits per heavy atom. The van der Waals surface area contributed by atoms with Gasteiger partial charge in [-0.2, -0.15) is 0 Å². The maximum Gasteiger partial charge on any atom is 0.310 e. The predicted octanol–water partition coefficient (Wildman–Crippen LogP) is 3.46. The first kappa shape index (κ1) is 36.3. The van der Waals surface area contributed by atoms with E-state index in [1.54, 1.807) is 39.2 Å². The van der Waals surface area contributed by atoms with Crippen LogP contribution in [0.5, 0.6) is 5.75 Å². The summed E-state index contributed by atoms with van der Waals surface area (Å²) < 4.78 is 10.9. The third kappa shape index (κ3) is 12.8. The van der Waals surface area contributed by atoms with Crippen molar-refractivity contribution in [2.24, 2.45) is 34.8 Å². The average Bonchev–Trinajstić information content (AvgIpc) is 2.91. The van der Waals surface area contributed by atoms with Crippen molar-refractivity contribution in [3.05, 3.63) is 29.8 Å². The molecule has 1 rings (SSSR count). The number of ether oxygens (including phenoxy) is 2. The van der Waals surface area contributed by atoms with E-state index in [1.165, 1.54) is 0 Å². The average molecular weight is 580 g/mol. The third-order valence-electron chi connectivity index (χ3n) is 7.59. The number of carboxylic acids is 1. The first-order chi connectivity index (χ1) is 19.2.